The van der Waals surface area contributed by atoms with Crippen LogP contribution in [0.3, 0.4) is 0 Å². The van der Waals surface area contributed by atoms with Gasteiger partial charge in [0.25, 0.3) is 5.56 Å². The van der Waals surface area contributed by atoms with Crippen molar-refractivity contribution in [2.45, 2.75) is 24.3 Å². The predicted octanol–water partition coefficient (Wildman–Crippen LogP) is 3.70. The highest BCUT2D eigenvalue weighted by molar-refractivity contribution is 7.98. The first-order valence-electron chi connectivity index (χ1n) is 8.11. The smallest absolute Gasteiger partial charge is 0.269 e. The summed E-state index contributed by atoms with van der Waals surface area (Å²) in [7, 11) is 0. The quantitative estimate of drug-likeness (QED) is 0.671. The lowest BCUT2D eigenvalue weighted by molar-refractivity contribution is -0.123. The molecule has 0 saturated heterocycles. The Labute approximate surface area is 155 Å². The van der Waals surface area contributed by atoms with Crippen molar-refractivity contribution in [2.24, 2.45) is 0 Å². The maximum absolute atomic E-state index is 12.4. The molecule has 0 radical (unpaired) electrons. The molecular formula is C19H20N2O2S2. The number of hydrogen-bond acceptors (Lipinski definition) is 4. The molecule has 1 atom stereocenters. The minimum Gasteiger partial charge on any atom is -0.354 e. The second-order valence-corrected chi connectivity index (χ2v) is 7.68. The first kappa shape index (κ1) is 17.8. The van der Waals surface area contributed by atoms with Crippen molar-refractivity contribution in [3.8, 4) is 0 Å². The van der Waals surface area contributed by atoms with Crippen LogP contribution in [0.15, 0.2) is 58.2 Å². The van der Waals surface area contributed by atoms with E-state index in [1.165, 1.54) is 22.0 Å². The van der Waals surface area contributed by atoms with Gasteiger partial charge in [-0.1, -0.05) is 35.8 Å². The molecule has 2 aromatic carbocycles. The number of hydrogen-bond donors (Lipinski definition) is 1. The molecule has 6 heteroatoms. The van der Waals surface area contributed by atoms with Gasteiger partial charge in [-0.2, -0.15) is 0 Å². The fraction of sp³-hybridized carbons (Fsp3) is 0.263. The van der Waals surface area contributed by atoms with Gasteiger partial charge >= 0.3 is 0 Å². The topological polar surface area (TPSA) is 51.1 Å². The van der Waals surface area contributed by atoms with Crippen LogP contribution in [0.25, 0.3) is 10.1 Å². The van der Waals surface area contributed by atoms with E-state index in [1.807, 2.05) is 24.5 Å². The van der Waals surface area contributed by atoms with E-state index in [9.17, 15) is 9.59 Å². The third kappa shape index (κ3) is 3.96. The summed E-state index contributed by atoms with van der Waals surface area (Å²) in [5.74, 6) is -0.130. The second-order valence-electron chi connectivity index (χ2n) is 5.78. The number of nitrogens with one attached hydrogen (secondary N) is 1. The molecule has 1 unspecified atom stereocenters. The van der Waals surface area contributed by atoms with Crippen molar-refractivity contribution in [2.75, 3.05) is 12.8 Å². The summed E-state index contributed by atoms with van der Waals surface area (Å²) in [5, 5.41) is 3.60. The van der Waals surface area contributed by atoms with E-state index in [1.54, 1.807) is 28.7 Å². The maximum Gasteiger partial charge on any atom is 0.269 e. The Morgan fingerprint density at radius 3 is 2.60 bits per heavy atom. The van der Waals surface area contributed by atoms with Gasteiger partial charge in [-0.25, -0.2) is 0 Å². The van der Waals surface area contributed by atoms with Crippen LogP contribution in [0.1, 0.15) is 18.5 Å². The SMILES string of the molecule is CSc1ccc(CCNC(=O)C(C)n2sc3ccccc3c2=O)cc1. The van der Waals surface area contributed by atoms with Crippen LogP contribution in [-0.2, 0) is 11.2 Å². The number of amides is 1. The van der Waals surface area contributed by atoms with Crippen molar-refractivity contribution >= 4 is 39.3 Å². The Hall–Kier alpha value is -2.05. The van der Waals surface area contributed by atoms with Crippen molar-refractivity contribution in [1.29, 1.82) is 0 Å². The first-order valence-corrected chi connectivity index (χ1v) is 10.1. The standard InChI is InChI=1S/C19H20N2O2S2/c1-13(21-19(23)16-5-3-4-6-17(16)25-21)18(22)20-12-11-14-7-9-15(24-2)10-8-14/h3-10,13H,11-12H2,1-2H3,(H,20,22). The second kappa shape index (κ2) is 7.89. The zero-order valence-corrected chi connectivity index (χ0v) is 15.8. The minimum atomic E-state index is -0.510. The molecule has 0 saturated carbocycles. The number of fused-ring (bicyclic) bond motifs is 1. The lowest BCUT2D eigenvalue weighted by atomic mass is 10.1. The molecule has 1 amide bonds. The molecule has 1 aromatic heterocycles. The van der Waals surface area contributed by atoms with E-state index in [-0.39, 0.29) is 11.5 Å². The van der Waals surface area contributed by atoms with E-state index < -0.39 is 6.04 Å². The van der Waals surface area contributed by atoms with Crippen LogP contribution in [0, 0.1) is 0 Å². The third-order valence-electron chi connectivity index (χ3n) is 4.12. The summed E-state index contributed by atoms with van der Waals surface area (Å²) in [6.45, 7) is 2.32. The van der Waals surface area contributed by atoms with Gasteiger partial charge in [0.05, 0.1) is 10.1 Å². The summed E-state index contributed by atoms with van der Waals surface area (Å²) in [5.41, 5.74) is 1.08. The van der Waals surface area contributed by atoms with Crippen molar-refractivity contribution in [1.82, 2.24) is 9.27 Å². The largest absolute Gasteiger partial charge is 0.354 e. The van der Waals surface area contributed by atoms with Gasteiger partial charge < -0.3 is 5.32 Å². The Morgan fingerprint density at radius 2 is 1.92 bits per heavy atom. The molecule has 3 aromatic rings. The van der Waals surface area contributed by atoms with E-state index in [0.29, 0.717) is 11.9 Å². The van der Waals surface area contributed by atoms with E-state index >= 15 is 0 Å². The van der Waals surface area contributed by atoms with Crippen LogP contribution in [0.4, 0.5) is 0 Å². The molecule has 0 fully saturated rings. The first-order chi connectivity index (χ1) is 12.1. The van der Waals surface area contributed by atoms with Gasteiger partial charge in [-0.05, 0) is 49.4 Å². The van der Waals surface area contributed by atoms with Gasteiger partial charge in [0.1, 0.15) is 6.04 Å². The number of aromatic nitrogens is 1. The minimum absolute atomic E-state index is 0.101. The number of carbonyl (C=O) groups is 1. The molecule has 1 N–H and O–H groups in total. The summed E-state index contributed by atoms with van der Waals surface area (Å²) in [4.78, 5) is 26.0. The van der Waals surface area contributed by atoms with Crippen molar-refractivity contribution < 1.29 is 4.79 Å². The molecule has 3 rings (SSSR count). The normalized spacial score (nSPS) is 12.2. The average molecular weight is 373 g/mol. The van der Waals surface area contributed by atoms with Gasteiger partial charge in [-0.15, -0.1) is 11.8 Å². The molecule has 0 spiro atoms. The lowest BCUT2D eigenvalue weighted by Gasteiger charge is -2.12. The highest BCUT2D eigenvalue weighted by atomic mass is 32.2. The zero-order chi connectivity index (χ0) is 17.8. The number of thioether (sulfide) groups is 1. The van der Waals surface area contributed by atoms with Crippen LogP contribution in [0.5, 0.6) is 0 Å². The highest BCUT2D eigenvalue weighted by Crippen LogP contribution is 2.19. The predicted molar refractivity (Wildman–Crippen MR) is 106 cm³/mol. The fourth-order valence-electron chi connectivity index (χ4n) is 2.62. The van der Waals surface area contributed by atoms with Crippen molar-refractivity contribution in [3.63, 3.8) is 0 Å². The van der Waals surface area contributed by atoms with E-state index in [2.05, 4.69) is 29.6 Å². The third-order valence-corrected chi connectivity index (χ3v) is 6.09. The van der Waals surface area contributed by atoms with E-state index in [0.717, 1.165) is 11.1 Å². The van der Waals surface area contributed by atoms with Gasteiger partial charge in [0.15, 0.2) is 0 Å². The van der Waals surface area contributed by atoms with Gasteiger partial charge in [0, 0.05) is 11.4 Å². The Bertz CT molecular complexity index is 928. The van der Waals surface area contributed by atoms with E-state index in [4.69, 9.17) is 0 Å². The lowest BCUT2D eigenvalue weighted by Crippen LogP contribution is -2.34. The summed E-state index contributed by atoms with van der Waals surface area (Å²) in [6.07, 6.45) is 2.82. The van der Waals surface area contributed by atoms with Gasteiger partial charge in [0.2, 0.25) is 5.91 Å². The highest BCUT2D eigenvalue weighted by Gasteiger charge is 2.19. The van der Waals surface area contributed by atoms with Crippen LogP contribution in [0.2, 0.25) is 0 Å². The summed E-state index contributed by atoms with van der Waals surface area (Å²) < 4.78 is 2.45. The molecule has 25 heavy (non-hydrogen) atoms. The number of carbonyl (C=O) groups excluding carboxylic acids is 1. The average Bonchev–Trinajstić information content (AvgIpc) is 2.98. The van der Waals surface area contributed by atoms with Crippen LogP contribution >= 0.6 is 23.3 Å². The summed E-state index contributed by atoms with van der Waals surface area (Å²) in [6, 6.07) is 15.3. The zero-order valence-electron chi connectivity index (χ0n) is 14.2. The Morgan fingerprint density at radius 1 is 1.20 bits per heavy atom. The molecule has 0 bridgehead atoms. The molecule has 4 nitrogen and oxygen atoms in total. The molecule has 0 aliphatic heterocycles. The number of nitrogens with zero attached hydrogens (tertiary/aromatic N) is 1. The molecular weight excluding hydrogens is 352 g/mol. The Kier molecular flexibility index (Phi) is 5.60. The monoisotopic (exact) mass is 372 g/mol. The molecule has 1 heterocycles. The maximum atomic E-state index is 12.4. The number of benzene rings is 2. The van der Waals surface area contributed by atoms with Crippen LogP contribution < -0.4 is 10.9 Å². The molecule has 130 valence electrons. The van der Waals surface area contributed by atoms with Crippen LogP contribution in [-0.4, -0.2) is 22.7 Å². The summed E-state index contributed by atoms with van der Waals surface area (Å²) >= 11 is 3.05. The number of rotatable bonds is 6. The van der Waals surface area contributed by atoms with Crippen molar-refractivity contribution in [3.05, 3.63) is 64.4 Å². The fourth-order valence-corrected chi connectivity index (χ4v) is 4.07. The molecule has 0 aliphatic carbocycles. The van der Waals surface area contributed by atoms with Gasteiger partial charge in [-0.3, -0.25) is 13.5 Å². The Balaban J connectivity index is 1.62. The molecule has 0 aliphatic rings.